The Morgan fingerprint density at radius 1 is 0.935 bits per heavy atom. The monoisotopic (exact) mass is 436 g/mol. The first kappa shape index (κ1) is 22.8. The van der Waals surface area contributed by atoms with Crippen LogP contribution < -0.4 is 5.32 Å². The maximum atomic E-state index is 13.3. The van der Waals surface area contributed by atoms with Gasteiger partial charge in [-0.25, -0.2) is 0 Å². The van der Waals surface area contributed by atoms with Crippen molar-refractivity contribution in [2.45, 2.75) is 52.2 Å². The van der Waals surface area contributed by atoms with E-state index in [0.717, 1.165) is 21.9 Å². The summed E-state index contributed by atoms with van der Waals surface area (Å²) in [6, 6.07) is 21.2. The summed E-state index contributed by atoms with van der Waals surface area (Å²) >= 11 is 6.00. The smallest absolute Gasteiger partial charge is 0.242 e. The van der Waals surface area contributed by atoms with Crippen LogP contribution >= 0.6 is 11.6 Å². The first-order valence-electron chi connectivity index (χ1n) is 10.7. The summed E-state index contributed by atoms with van der Waals surface area (Å²) in [4.78, 5) is 27.6. The lowest BCUT2D eigenvalue weighted by molar-refractivity contribution is -0.140. The van der Waals surface area contributed by atoms with Crippen LogP contribution in [0.4, 0.5) is 0 Å². The molecule has 31 heavy (non-hydrogen) atoms. The van der Waals surface area contributed by atoms with E-state index in [1.807, 2.05) is 44.2 Å². The summed E-state index contributed by atoms with van der Waals surface area (Å²) < 4.78 is 0. The number of carbonyl (C=O) groups excluding carboxylic acids is 2. The minimum Gasteiger partial charge on any atom is -0.352 e. The van der Waals surface area contributed by atoms with Crippen molar-refractivity contribution < 1.29 is 9.59 Å². The third kappa shape index (κ3) is 6.08. The van der Waals surface area contributed by atoms with Gasteiger partial charge in [-0.2, -0.15) is 0 Å². The summed E-state index contributed by atoms with van der Waals surface area (Å²) in [7, 11) is 0. The Bertz CT molecular complexity index is 1040. The van der Waals surface area contributed by atoms with Gasteiger partial charge in [-0.1, -0.05) is 66.2 Å². The molecule has 5 heteroatoms. The van der Waals surface area contributed by atoms with E-state index in [2.05, 4.69) is 29.6 Å². The van der Waals surface area contributed by atoms with E-state index in [0.29, 0.717) is 24.4 Å². The van der Waals surface area contributed by atoms with E-state index >= 15 is 0 Å². The van der Waals surface area contributed by atoms with Gasteiger partial charge in [0.1, 0.15) is 6.04 Å². The molecule has 0 radical (unpaired) electrons. The Balaban J connectivity index is 1.78. The van der Waals surface area contributed by atoms with E-state index in [1.54, 1.807) is 24.0 Å². The number of aryl methyl sites for hydroxylation is 1. The second kappa shape index (κ2) is 10.5. The molecule has 0 aliphatic rings. The fourth-order valence-corrected chi connectivity index (χ4v) is 3.80. The van der Waals surface area contributed by atoms with Crippen LogP contribution in [0.1, 0.15) is 38.3 Å². The number of nitrogens with one attached hydrogen (secondary N) is 1. The van der Waals surface area contributed by atoms with Gasteiger partial charge in [0.05, 0.1) is 0 Å². The van der Waals surface area contributed by atoms with E-state index in [-0.39, 0.29) is 17.9 Å². The molecule has 0 aromatic heterocycles. The Morgan fingerprint density at radius 3 is 2.32 bits per heavy atom. The first-order valence-corrected chi connectivity index (χ1v) is 11.0. The predicted octanol–water partition coefficient (Wildman–Crippen LogP) is 5.37. The lowest BCUT2D eigenvalue weighted by Crippen LogP contribution is -2.49. The molecule has 0 aliphatic heterocycles. The molecule has 2 amide bonds. The largest absolute Gasteiger partial charge is 0.352 e. The predicted molar refractivity (Wildman–Crippen MR) is 127 cm³/mol. The van der Waals surface area contributed by atoms with Crippen molar-refractivity contribution in [2.75, 3.05) is 0 Å². The van der Waals surface area contributed by atoms with Gasteiger partial charge in [-0.3, -0.25) is 9.59 Å². The molecule has 0 fully saturated rings. The first-order chi connectivity index (χ1) is 14.8. The molecule has 4 nitrogen and oxygen atoms in total. The number of hydrogen-bond donors (Lipinski definition) is 1. The van der Waals surface area contributed by atoms with Gasteiger partial charge in [-0.15, -0.1) is 0 Å². The quantitative estimate of drug-likeness (QED) is 0.516. The average Bonchev–Trinajstić information content (AvgIpc) is 2.76. The zero-order chi connectivity index (χ0) is 22.4. The van der Waals surface area contributed by atoms with Gasteiger partial charge in [-0.05, 0) is 61.2 Å². The fraction of sp³-hybridized carbons (Fsp3) is 0.308. The molecule has 0 saturated carbocycles. The second-order valence-electron chi connectivity index (χ2n) is 8.13. The highest BCUT2D eigenvalue weighted by atomic mass is 35.5. The van der Waals surface area contributed by atoms with Gasteiger partial charge in [0, 0.05) is 24.0 Å². The average molecular weight is 437 g/mol. The van der Waals surface area contributed by atoms with Crippen molar-refractivity contribution in [1.29, 1.82) is 0 Å². The molecule has 1 unspecified atom stereocenters. The number of nitrogens with zero attached hydrogens (tertiary/aromatic N) is 1. The van der Waals surface area contributed by atoms with E-state index in [4.69, 9.17) is 11.6 Å². The third-order valence-electron chi connectivity index (χ3n) is 5.35. The van der Waals surface area contributed by atoms with Crippen molar-refractivity contribution in [3.8, 4) is 0 Å². The molecule has 0 heterocycles. The SMILES string of the molecule is CC(C)NC(=O)C(C)N(Cc1ccc(Cl)cc1)C(=O)CCc1cccc2ccccc12. The highest BCUT2D eigenvalue weighted by Crippen LogP contribution is 2.21. The summed E-state index contributed by atoms with van der Waals surface area (Å²) in [5.74, 6) is -0.197. The van der Waals surface area contributed by atoms with Crippen molar-refractivity contribution in [2.24, 2.45) is 0 Å². The van der Waals surface area contributed by atoms with Crippen LogP contribution in [0.15, 0.2) is 66.7 Å². The summed E-state index contributed by atoms with van der Waals surface area (Å²) in [5.41, 5.74) is 2.07. The summed E-state index contributed by atoms with van der Waals surface area (Å²) in [6.07, 6.45) is 0.955. The Morgan fingerprint density at radius 2 is 1.61 bits per heavy atom. The minimum atomic E-state index is -0.571. The molecule has 3 aromatic carbocycles. The molecule has 3 rings (SSSR count). The zero-order valence-electron chi connectivity index (χ0n) is 18.3. The van der Waals surface area contributed by atoms with Gasteiger partial charge in [0.2, 0.25) is 11.8 Å². The van der Waals surface area contributed by atoms with Gasteiger partial charge >= 0.3 is 0 Å². The standard InChI is InChI=1S/C26H29ClN2O2/c1-18(2)28-26(31)19(3)29(17-20-11-14-23(27)15-12-20)25(30)16-13-22-9-6-8-21-7-4-5-10-24(21)22/h4-12,14-15,18-19H,13,16-17H2,1-3H3,(H,28,31). The number of hydrogen-bond acceptors (Lipinski definition) is 2. The topological polar surface area (TPSA) is 49.4 Å². The van der Waals surface area contributed by atoms with Crippen molar-refractivity contribution in [3.05, 3.63) is 82.9 Å². The van der Waals surface area contributed by atoms with Crippen molar-refractivity contribution in [3.63, 3.8) is 0 Å². The molecule has 3 aromatic rings. The van der Waals surface area contributed by atoms with E-state index in [9.17, 15) is 9.59 Å². The van der Waals surface area contributed by atoms with Crippen LogP contribution in [0.3, 0.4) is 0 Å². The van der Waals surface area contributed by atoms with Crippen LogP contribution in [0.2, 0.25) is 5.02 Å². The maximum Gasteiger partial charge on any atom is 0.242 e. The van der Waals surface area contributed by atoms with Crippen LogP contribution in [0.25, 0.3) is 10.8 Å². The fourth-order valence-electron chi connectivity index (χ4n) is 3.67. The highest BCUT2D eigenvalue weighted by Gasteiger charge is 2.26. The number of amides is 2. The lowest BCUT2D eigenvalue weighted by atomic mass is 10.0. The van der Waals surface area contributed by atoms with Crippen LogP contribution in [0.5, 0.6) is 0 Å². The zero-order valence-corrected chi connectivity index (χ0v) is 19.0. The normalized spacial score (nSPS) is 12.0. The highest BCUT2D eigenvalue weighted by molar-refractivity contribution is 6.30. The summed E-state index contributed by atoms with van der Waals surface area (Å²) in [5, 5.41) is 5.88. The Labute approximate surface area is 189 Å². The molecule has 0 aliphatic carbocycles. The number of fused-ring (bicyclic) bond motifs is 1. The molecular formula is C26H29ClN2O2. The third-order valence-corrected chi connectivity index (χ3v) is 5.60. The van der Waals surface area contributed by atoms with Crippen LogP contribution in [0, 0.1) is 0 Å². The van der Waals surface area contributed by atoms with Gasteiger partial charge in [0.25, 0.3) is 0 Å². The molecular weight excluding hydrogens is 408 g/mol. The van der Waals surface area contributed by atoms with Crippen molar-refractivity contribution in [1.82, 2.24) is 10.2 Å². The molecule has 1 atom stereocenters. The molecule has 0 bridgehead atoms. The van der Waals surface area contributed by atoms with Crippen LogP contribution in [-0.4, -0.2) is 28.8 Å². The van der Waals surface area contributed by atoms with Crippen molar-refractivity contribution >= 4 is 34.2 Å². The van der Waals surface area contributed by atoms with Crippen LogP contribution in [-0.2, 0) is 22.6 Å². The van der Waals surface area contributed by atoms with Gasteiger partial charge in [0.15, 0.2) is 0 Å². The molecule has 162 valence electrons. The maximum absolute atomic E-state index is 13.3. The van der Waals surface area contributed by atoms with E-state index < -0.39 is 6.04 Å². The number of rotatable bonds is 8. The lowest BCUT2D eigenvalue weighted by Gasteiger charge is -2.29. The van der Waals surface area contributed by atoms with Gasteiger partial charge < -0.3 is 10.2 Å². The Hall–Kier alpha value is -2.85. The molecule has 1 N–H and O–H groups in total. The second-order valence-corrected chi connectivity index (χ2v) is 8.56. The molecule has 0 saturated heterocycles. The Kier molecular flexibility index (Phi) is 7.69. The molecule has 0 spiro atoms. The number of halogens is 1. The number of carbonyl (C=O) groups is 2. The van der Waals surface area contributed by atoms with E-state index in [1.165, 1.54) is 0 Å². The summed E-state index contributed by atoms with van der Waals surface area (Å²) in [6.45, 7) is 5.97. The number of benzene rings is 3. The minimum absolute atomic E-state index is 0.0121.